The third-order valence-electron chi connectivity index (χ3n) is 0. The molecule has 86 valence electrons. The van der Waals surface area contributed by atoms with E-state index in [1.165, 1.54) is 0 Å². The van der Waals surface area contributed by atoms with Gasteiger partial charge in [-0.1, -0.05) is 0 Å². The molecule has 0 aromatic rings. The van der Waals surface area contributed by atoms with Gasteiger partial charge in [-0.3, -0.25) is 0 Å². The molecule has 10 nitrogen and oxygen atoms in total. The van der Waals surface area contributed by atoms with Crippen molar-refractivity contribution in [2.75, 3.05) is 7.11 Å². The van der Waals surface area contributed by atoms with Crippen molar-refractivity contribution in [1.82, 2.24) is 0 Å². The van der Waals surface area contributed by atoms with Gasteiger partial charge < -0.3 is 54.4 Å². The summed E-state index contributed by atoms with van der Waals surface area (Å²) in [6.07, 6.45) is 0. The summed E-state index contributed by atoms with van der Waals surface area (Å²) in [5.74, 6) is 0. The number of aliphatic hydroxyl groups excluding tert-OH is 1. The Morgan fingerprint density at radius 2 is 0.364 bits per heavy atom. The van der Waals surface area contributed by atoms with Gasteiger partial charge in [-0.2, -0.15) is 0 Å². The number of rotatable bonds is 0. The normalized spacial score (nSPS) is 0.545. The van der Waals surface area contributed by atoms with Crippen LogP contribution in [0.15, 0.2) is 0 Å². The molecule has 11 heavy (non-hydrogen) atoms. The minimum absolute atomic E-state index is 0. The van der Waals surface area contributed by atoms with Crippen LogP contribution in [-0.4, -0.2) is 61.5 Å². The van der Waals surface area contributed by atoms with E-state index in [4.69, 9.17) is 5.11 Å². The lowest BCUT2D eigenvalue weighted by Crippen LogP contribution is -1.25. The fourth-order valence-electron chi connectivity index (χ4n) is 0. The molecule has 0 fully saturated rings. The van der Waals surface area contributed by atoms with E-state index in [2.05, 4.69) is 0 Å². The molecule has 0 rings (SSSR count). The second-order valence-electron chi connectivity index (χ2n) is 0. The molecule has 0 aromatic carbocycles. The molecule has 0 radical (unpaired) electrons. The fraction of sp³-hybridized carbons (Fsp3) is 1.00. The SMILES string of the molecule is CO.O.O.O.O.O.O.O.O.O. The predicted molar refractivity (Wildman–Crippen MR) is 40.7 cm³/mol. The van der Waals surface area contributed by atoms with Crippen molar-refractivity contribution < 1.29 is 54.4 Å². The van der Waals surface area contributed by atoms with Gasteiger partial charge in [-0.05, 0) is 0 Å². The lowest BCUT2D eigenvalue weighted by molar-refractivity contribution is 0.399. The van der Waals surface area contributed by atoms with Crippen molar-refractivity contribution in [2.45, 2.75) is 0 Å². The van der Waals surface area contributed by atoms with E-state index in [-0.39, 0.29) is 49.3 Å². The largest absolute Gasteiger partial charge is 0.412 e. The van der Waals surface area contributed by atoms with Crippen LogP contribution in [0.5, 0.6) is 0 Å². The van der Waals surface area contributed by atoms with Gasteiger partial charge >= 0.3 is 0 Å². The summed E-state index contributed by atoms with van der Waals surface area (Å²) < 4.78 is 0. The summed E-state index contributed by atoms with van der Waals surface area (Å²) in [5.41, 5.74) is 0. The van der Waals surface area contributed by atoms with Gasteiger partial charge in [0, 0.05) is 7.11 Å². The topological polar surface area (TPSA) is 304 Å². The van der Waals surface area contributed by atoms with E-state index >= 15 is 0 Å². The van der Waals surface area contributed by atoms with Crippen LogP contribution in [0.1, 0.15) is 0 Å². The van der Waals surface area contributed by atoms with Crippen LogP contribution in [0.2, 0.25) is 0 Å². The summed E-state index contributed by atoms with van der Waals surface area (Å²) in [5, 5.41) is 7.00. The Balaban J connectivity index is -0.000000000139. The maximum atomic E-state index is 7.00. The maximum Gasteiger partial charge on any atom is 0.0319 e. The van der Waals surface area contributed by atoms with E-state index in [1.54, 1.807) is 0 Å². The highest BCUT2D eigenvalue weighted by Crippen LogP contribution is 0.755. The number of hydrogen-bond acceptors (Lipinski definition) is 1. The zero-order valence-corrected chi connectivity index (χ0v) is 5.95. The first-order valence-corrected chi connectivity index (χ1v) is 0.447. The van der Waals surface area contributed by atoms with Crippen LogP contribution in [-0.2, 0) is 0 Å². The van der Waals surface area contributed by atoms with Crippen molar-refractivity contribution in [1.29, 1.82) is 0 Å². The van der Waals surface area contributed by atoms with Crippen LogP contribution < -0.4 is 0 Å². The second kappa shape index (κ2) is 4440. The van der Waals surface area contributed by atoms with E-state index in [1.807, 2.05) is 0 Å². The van der Waals surface area contributed by atoms with Crippen LogP contribution >= 0.6 is 0 Å². The highest BCUT2D eigenvalue weighted by Gasteiger charge is 0.839. The molecule has 0 aromatic heterocycles. The molecule has 0 unspecified atom stereocenters. The quantitative estimate of drug-likeness (QED) is 0.385. The molecule has 0 saturated carbocycles. The molecule has 0 aliphatic carbocycles. The molecule has 0 amide bonds. The summed E-state index contributed by atoms with van der Waals surface area (Å²) >= 11 is 0. The molecule has 0 heterocycles. The standard InChI is InChI=1S/CH4O.9H2O/c1-2;;;;;;;;;/h2H,1H3;9*1H2. The lowest BCUT2D eigenvalue weighted by atomic mass is 11.8. The number of aliphatic hydroxyl groups is 1. The van der Waals surface area contributed by atoms with Gasteiger partial charge in [0.05, 0.1) is 0 Å². The van der Waals surface area contributed by atoms with Gasteiger partial charge in [-0.15, -0.1) is 0 Å². The monoisotopic (exact) mass is 194 g/mol. The number of hydrogen-bond donors (Lipinski definition) is 1. The molecular formula is CH22O10. The Hall–Kier alpha value is -0.400. The summed E-state index contributed by atoms with van der Waals surface area (Å²) in [6, 6.07) is 0. The van der Waals surface area contributed by atoms with Crippen LogP contribution in [0, 0.1) is 0 Å². The van der Waals surface area contributed by atoms with Crippen LogP contribution in [0.3, 0.4) is 0 Å². The van der Waals surface area contributed by atoms with Crippen molar-refractivity contribution in [3.8, 4) is 0 Å². The van der Waals surface area contributed by atoms with Crippen molar-refractivity contribution in [3.63, 3.8) is 0 Å². The highest BCUT2D eigenvalue weighted by molar-refractivity contribution is 3.18. The Bertz CT molecular complexity index is 4.83. The molecule has 0 aliphatic rings. The van der Waals surface area contributed by atoms with Crippen LogP contribution in [0.4, 0.5) is 0 Å². The van der Waals surface area contributed by atoms with E-state index in [9.17, 15) is 0 Å². The minimum atomic E-state index is 0. The lowest BCUT2D eigenvalue weighted by Gasteiger charge is -1.21. The molecule has 0 spiro atoms. The third kappa shape index (κ3) is 3470. The molecule has 19 N–H and O–H groups in total. The van der Waals surface area contributed by atoms with Crippen molar-refractivity contribution >= 4 is 0 Å². The average molecular weight is 194 g/mol. The smallest absolute Gasteiger partial charge is 0.0319 e. The summed E-state index contributed by atoms with van der Waals surface area (Å²) in [7, 11) is 1.00. The Labute approximate surface area is 62.9 Å². The van der Waals surface area contributed by atoms with E-state index < -0.39 is 0 Å². The average Bonchev–Trinajstić information content (AvgIpc) is 1.00. The highest BCUT2D eigenvalue weighted by atomic mass is 16.2. The minimum Gasteiger partial charge on any atom is -0.412 e. The van der Waals surface area contributed by atoms with Gasteiger partial charge in [0.15, 0.2) is 0 Å². The molecule has 0 aliphatic heterocycles. The van der Waals surface area contributed by atoms with Gasteiger partial charge in [0.25, 0.3) is 0 Å². The Morgan fingerprint density at radius 3 is 0.364 bits per heavy atom. The van der Waals surface area contributed by atoms with E-state index in [0.717, 1.165) is 7.11 Å². The second-order valence-corrected chi connectivity index (χ2v) is 0. The van der Waals surface area contributed by atoms with Crippen LogP contribution in [0.25, 0.3) is 0 Å². The van der Waals surface area contributed by atoms with Gasteiger partial charge in [-0.25, -0.2) is 0 Å². The maximum absolute atomic E-state index is 7.00. The van der Waals surface area contributed by atoms with Gasteiger partial charge in [0.2, 0.25) is 0 Å². The third-order valence-corrected chi connectivity index (χ3v) is 0. The van der Waals surface area contributed by atoms with E-state index in [0.29, 0.717) is 0 Å². The molecule has 0 saturated heterocycles. The summed E-state index contributed by atoms with van der Waals surface area (Å²) in [4.78, 5) is 0. The molecule has 0 atom stereocenters. The zero-order valence-electron chi connectivity index (χ0n) is 5.95. The van der Waals surface area contributed by atoms with Gasteiger partial charge in [0.1, 0.15) is 0 Å². The van der Waals surface area contributed by atoms with Crippen molar-refractivity contribution in [2.24, 2.45) is 0 Å². The molecule has 0 bridgehead atoms. The first-order chi connectivity index (χ1) is 1.00. The fourth-order valence-corrected chi connectivity index (χ4v) is 0. The molecule has 10 heteroatoms. The first kappa shape index (κ1) is 2710. The van der Waals surface area contributed by atoms with Crippen molar-refractivity contribution in [3.05, 3.63) is 0 Å². The predicted octanol–water partition coefficient (Wildman–Crippen LogP) is -7.81. The Morgan fingerprint density at radius 1 is 0.364 bits per heavy atom. The Kier molecular flexibility index (Phi) is 1090000. The zero-order chi connectivity index (χ0) is 2.00. The first-order valence-electron chi connectivity index (χ1n) is 0.447. The summed E-state index contributed by atoms with van der Waals surface area (Å²) in [6.45, 7) is 0. The molecular weight excluding hydrogens is 172 g/mol.